The molecule has 1 heterocycles. The van der Waals surface area contributed by atoms with Crippen molar-refractivity contribution in [1.82, 2.24) is 14.8 Å². The number of hydrogen-bond donors (Lipinski definition) is 0. The van der Waals surface area contributed by atoms with E-state index in [1.54, 1.807) is 0 Å². The van der Waals surface area contributed by atoms with Gasteiger partial charge in [-0.3, -0.25) is 0 Å². The quantitative estimate of drug-likeness (QED) is 0.750. The zero-order valence-corrected chi connectivity index (χ0v) is 11.4. The molecule has 0 aliphatic heterocycles. The Morgan fingerprint density at radius 2 is 1.78 bits per heavy atom. The van der Waals surface area contributed by atoms with E-state index in [0.29, 0.717) is 5.88 Å². The van der Waals surface area contributed by atoms with Crippen LogP contribution in [0.1, 0.15) is 30.6 Å². The lowest BCUT2D eigenvalue weighted by Crippen LogP contribution is -2.05. The van der Waals surface area contributed by atoms with Gasteiger partial charge in [-0.1, -0.05) is 30.3 Å². The lowest BCUT2D eigenvalue weighted by molar-refractivity contribution is 0.652. The summed E-state index contributed by atoms with van der Waals surface area (Å²) in [5.74, 6) is 2.34. The minimum absolute atomic E-state index is 0.430. The molecule has 0 atom stereocenters. The average molecular weight is 264 g/mol. The summed E-state index contributed by atoms with van der Waals surface area (Å²) in [6.07, 6.45) is 3.12. The minimum atomic E-state index is 0.430. The molecule has 0 unspecified atom stereocenters. The number of nitrogens with zero attached hydrogens (tertiary/aromatic N) is 3. The lowest BCUT2D eigenvalue weighted by Gasteiger charge is -2.05. The summed E-state index contributed by atoms with van der Waals surface area (Å²) in [5, 5.41) is 8.33. The fraction of sp³-hybridized carbons (Fsp3) is 0.429. The van der Waals surface area contributed by atoms with E-state index in [0.717, 1.165) is 37.5 Å². The van der Waals surface area contributed by atoms with Crippen LogP contribution in [0.4, 0.5) is 0 Å². The van der Waals surface area contributed by atoms with Gasteiger partial charge in [0.25, 0.3) is 0 Å². The molecular formula is C14H18ClN3. The van der Waals surface area contributed by atoms with Gasteiger partial charge in [0, 0.05) is 13.0 Å². The summed E-state index contributed by atoms with van der Waals surface area (Å²) in [4.78, 5) is 0. The van der Waals surface area contributed by atoms with Crippen molar-refractivity contribution >= 4 is 11.6 Å². The van der Waals surface area contributed by atoms with Crippen LogP contribution in [0, 0.1) is 0 Å². The number of rotatable bonds is 6. The molecule has 0 saturated carbocycles. The second-order valence-corrected chi connectivity index (χ2v) is 4.52. The first kappa shape index (κ1) is 13.1. The van der Waals surface area contributed by atoms with Gasteiger partial charge in [0.2, 0.25) is 0 Å². The van der Waals surface area contributed by atoms with Crippen LogP contribution < -0.4 is 0 Å². The SMILES string of the molecule is CCn1c(CCl)nnc1CCCc1ccccc1. The highest BCUT2D eigenvalue weighted by molar-refractivity contribution is 6.16. The molecular weight excluding hydrogens is 246 g/mol. The third-order valence-corrected chi connectivity index (χ3v) is 3.29. The van der Waals surface area contributed by atoms with E-state index >= 15 is 0 Å². The molecule has 2 aromatic rings. The van der Waals surface area contributed by atoms with Crippen LogP contribution in [0.3, 0.4) is 0 Å². The maximum absolute atomic E-state index is 5.83. The molecule has 1 aromatic heterocycles. The Morgan fingerprint density at radius 1 is 1.06 bits per heavy atom. The van der Waals surface area contributed by atoms with Crippen molar-refractivity contribution < 1.29 is 0 Å². The highest BCUT2D eigenvalue weighted by Gasteiger charge is 2.09. The Balaban J connectivity index is 1.92. The third kappa shape index (κ3) is 3.10. The van der Waals surface area contributed by atoms with Crippen molar-refractivity contribution in [3.8, 4) is 0 Å². The predicted octanol–water partition coefficient (Wildman–Crippen LogP) is 3.21. The maximum Gasteiger partial charge on any atom is 0.147 e. The van der Waals surface area contributed by atoms with Crippen LogP contribution >= 0.6 is 11.6 Å². The first-order valence-electron chi connectivity index (χ1n) is 6.36. The molecule has 0 aliphatic rings. The monoisotopic (exact) mass is 263 g/mol. The number of hydrogen-bond acceptors (Lipinski definition) is 2. The Morgan fingerprint density at radius 3 is 2.44 bits per heavy atom. The smallest absolute Gasteiger partial charge is 0.147 e. The van der Waals surface area contributed by atoms with Crippen LogP contribution in [0.25, 0.3) is 0 Å². The highest BCUT2D eigenvalue weighted by Crippen LogP contribution is 2.10. The molecule has 0 amide bonds. The first-order chi connectivity index (χ1) is 8.85. The van der Waals surface area contributed by atoms with Crippen molar-refractivity contribution in [3.63, 3.8) is 0 Å². The summed E-state index contributed by atoms with van der Waals surface area (Å²) in [7, 11) is 0. The minimum Gasteiger partial charge on any atom is -0.314 e. The third-order valence-electron chi connectivity index (χ3n) is 3.05. The van der Waals surface area contributed by atoms with E-state index in [-0.39, 0.29) is 0 Å². The van der Waals surface area contributed by atoms with Crippen molar-refractivity contribution in [2.24, 2.45) is 0 Å². The predicted molar refractivity (Wildman–Crippen MR) is 73.7 cm³/mol. The van der Waals surface area contributed by atoms with E-state index < -0.39 is 0 Å². The van der Waals surface area contributed by atoms with Gasteiger partial charge in [-0.15, -0.1) is 21.8 Å². The van der Waals surface area contributed by atoms with Crippen LogP contribution in [-0.2, 0) is 25.3 Å². The van der Waals surface area contributed by atoms with E-state index in [1.165, 1.54) is 5.56 Å². The van der Waals surface area contributed by atoms with Gasteiger partial charge >= 0.3 is 0 Å². The second kappa shape index (κ2) is 6.55. The van der Waals surface area contributed by atoms with Crippen LogP contribution in [0.5, 0.6) is 0 Å². The highest BCUT2D eigenvalue weighted by atomic mass is 35.5. The number of halogens is 1. The molecule has 0 spiro atoms. The van der Waals surface area contributed by atoms with Crippen molar-refractivity contribution in [2.75, 3.05) is 0 Å². The molecule has 0 bridgehead atoms. The molecule has 96 valence electrons. The average Bonchev–Trinajstić information content (AvgIpc) is 2.82. The molecule has 18 heavy (non-hydrogen) atoms. The van der Waals surface area contributed by atoms with Gasteiger partial charge in [0.1, 0.15) is 11.6 Å². The zero-order chi connectivity index (χ0) is 12.8. The molecule has 0 saturated heterocycles. The van der Waals surface area contributed by atoms with Gasteiger partial charge in [-0.25, -0.2) is 0 Å². The summed E-state index contributed by atoms with van der Waals surface area (Å²) in [5.41, 5.74) is 1.37. The van der Waals surface area contributed by atoms with E-state index in [9.17, 15) is 0 Å². The van der Waals surface area contributed by atoms with Crippen molar-refractivity contribution in [1.29, 1.82) is 0 Å². The second-order valence-electron chi connectivity index (χ2n) is 4.25. The normalized spacial score (nSPS) is 10.8. The number of alkyl halides is 1. The van der Waals surface area contributed by atoms with Gasteiger partial charge in [0.15, 0.2) is 0 Å². The summed E-state index contributed by atoms with van der Waals surface area (Å²) in [6, 6.07) is 10.5. The molecule has 3 nitrogen and oxygen atoms in total. The molecule has 4 heteroatoms. The van der Waals surface area contributed by atoms with Gasteiger partial charge in [-0.05, 0) is 25.3 Å². The van der Waals surface area contributed by atoms with Crippen molar-refractivity contribution in [2.45, 2.75) is 38.6 Å². The number of benzene rings is 1. The van der Waals surface area contributed by atoms with Gasteiger partial charge in [0.05, 0.1) is 5.88 Å². The standard InChI is InChI=1S/C14H18ClN3/c1-2-18-13(16-17-14(18)11-15)10-6-9-12-7-4-3-5-8-12/h3-5,7-8H,2,6,9-11H2,1H3. The maximum atomic E-state index is 5.83. The molecule has 0 fully saturated rings. The van der Waals surface area contributed by atoms with Crippen LogP contribution in [-0.4, -0.2) is 14.8 Å². The van der Waals surface area contributed by atoms with E-state index in [4.69, 9.17) is 11.6 Å². The topological polar surface area (TPSA) is 30.7 Å². The van der Waals surface area contributed by atoms with Crippen molar-refractivity contribution in [3.05, 3.63) is 47.5 Å². The fourth-order valence-electron chi connectivity index (χ4n) is 2.12. The van der Waals surface area contributed by atoms with Crippen LogP contribution in [0.15, 0.2) is 30.3 Å². The fourth-order valence-corrected chi connectivity index (χ4v) is 2.31. The Bertz CT molecular complexity index is 479. The van der Waals surface area contributed by atoms with E-state index in [1.807, 2.05) is 6.07 Å². The molecule has 1 aromatic carbocycles. The molecule has 0 N–H and O–H groups in total. The largest absolute Gasteiger partial charge is 0.314 e. The molecule has 0 aliphatic carbocycles. The Kier molecular flexibility index (Phi) is 4.76. The summed E-state index contributed by atoms with van der Waals surface area (Å²) >= 11 is 5.83. The van der Waals surface area contributed by atoms with Gasteiger partial charge in [-0.2, -0.15) is 0 Å². The van der Waals surface area contributed by atoms with E-state index in [2.05, 4.69) is 46.0 Å². The molecule has 2 rings (SSSR count). The first-order valence-corrected chi connectivity index (χ1v) is 6.89. The Labute approximate surface area is 113 Å². The molecule has 0 radical (unpaired) electrons. The Hall–Kier alpha value is -1.35. The lowest BCUT2D eigenvalue weighted by atomic mass is 10.1. The van der Waals surface area contributed by atoms with Crippen LogP contribution in [0.2, 0.25) is 0 Å². The number of aromatic nitrogens is 3. The summed E-state index contributed by atoms with van der Waals surface area (Å²) < 4.78 is 2.11. The zero-order valence-electron chi connectivity index (χ0n) is 10.6. The summed E-state index contributed by atoms with van der Waals surface area (Å²) in [6.45, 7) is 2.98. The van der Waals surface area contributed by atoms with Gasteiger partial charge < -0.3 is 4.57 Å². The number of aryl methyl sites for hydroxylation is 2.